The highest BCUT2D eigenvalue weighted by molar-refractivity contribution is 9.10. The van der Waals surface area contributed by atoms with Gasteiger partial charge in [-0.15, -0.1) is 0 Å². The van der Waals surface area contributed by atoms with Crippen LogP contribution in [0.1, 0.15) is 26.3 Å². The molecule has 88 valence electrons. The molecule has 1 aromatic rings. The quantitative estimate of drug-likeness (QED) is 0.608. The Kier molecular flexibility index (Phi) is 4.52. The van der Waals surface area contributed by atoms with E-state index in [1.165, 1.54) is 18.3 Å². The van der Waals surface area contributed by atoms with Crippen LogP contribution in [0.4, 0.5) is 4.39 Å². The summed E-state index contributed by atoms with van der Waals surface area (Å²) in [7, 11) is 0. The highest BCUT2D eigenvalue weighted by Gasteiger charge is 2.25. The summed E-state index contributed by atoms with van der Waals surface area (Å²) >= 11 is 1.86. The maximum atomic E-state index is 13.0. The summed E-state index contributed by atoms with van der Waals surface area (Å²) in [5.74, 6) is -0.350. The van der Waals surface area contributed by atoms with Gasteiger partial charge in [0.2, 0.25) is 0 Å². The molecule has 5 heteroatoms. The highest BCUT2D eigenvalue weighted by atomic mass is 79.9. The Labute approximate surface area is 106 Å². The minimum Gasteiger partial charge on any atom is -0.591 e. The van der Waals surface area contributed by atoms with Crippen LogP contribution in [0.15, 0.2) is 27.1 Å². The molecule has 0 aliphatic rings. The molecular formula is C11H13BrFNOS. The van der Waals surface area contributed by atoms with Gasteiger partial charge in [-0.2, -0.15) is 0 Å². The first-order valence-corrected chi connectivity index (χ1v) is 6.61. The van der Waals surface area contributed by atoms with Gasteiger partial charge in [0.25, 0.3) is 0 Å². The van der Waals surface area contributed by atoms with E-state index in [0.717, 1.165) is 0 Å². The minimum atomic E-state index is -1.32. The summed E-state index contributed by atoms with van der Waals surface area (Å²) in [6.07, 6.45) is 1.43. The second kappa shape index (κ2) is 5.29. The van der Waals surface area contributed by atoms with E-state index in [2.05, 4.69) is 20.3 Å². The first kappa shape index (κ1) is 13.7. The standard InChI is InChI=1S/C11H13BrFNOS/c1-11(2,3)16(15)14-7-8-4-9(12)6-10(13)5-8/h4-7H,1-3H3/b14-7+. The van der Waals surface area contributed by atoms with Crippen molar-refractivity contribution < 1.29 is 8.94 Å². The van der Waals surface area contributed by atoms with E-state index in [-0.39, 0.29) is 5.82 Å². The van der Waals surface area contributed by atoms with Crippen LogP contribution in [0.2, 0.25) is 0 Å². The highest BCUT2D eigenvalue weighted by Crippen LogP contribution is 2.18. The topological polar surface area (TPSA) is 35.4 Å². The molecule has 0 bridgehead atoms. The summed E-state index contributed by atoms with van der Waals surface area (Å²) in [6, 6.07) is 4.42. The fraction of sp³-hybridized carbons (Fsp3) is 0.364. The number of nitrogens with zero attached hydrogens (tertiary/aromatic N) is 1. The molecule has 0 spiro atoms. The lowest BCUT2D eigenvalue weighted by Crippen LogP contribution is -2.25. The van der Waals surface area contributed by atoms with Gasteiger partial charge < -0.3 is 4.55 Å². The van der Waals surface area contributed by atoms with E-state index >= 15 is 0 Å². The monoisotopic (exact) mass is 305 g/mol. The summed E-state index contributed by atoms with van der Waals surface area (Å²) in [4.78, 5) is 0. The van der Waals surface area contributed by atoms with Gasteiger partial charge in [0.15, 0.2) is 0 Å². The van der Waals surface area contributed by atoms with E-state index in [9.17, 15) is 8.94 Å². The first-order valence-electron chi connectivity index (χ1n) is 4.71. The van der Waals surface area contributed by atoms with Crippen molar-refractivity contribution in [2.45, 2.75) is 25.5 Å². The third-order valence-corrected chi connectivity index (χ3v) is 3.51. The lowest BCUT2D eigenvalue weighted by molar-refractivity contribution is 0.562. The average Bonchev–Trinajstić information content (AvgIpc) is 2.11. The van der Waals surface area contributed by atoms with E-state index in [1.54, 1.807) is 6.07 Å². The van der Waals surface area contributed by atoms with Crippen molar-refractivity contribution in [1.29, 1.82) is 0 Å². The van der Waals surface area contributed by atoms with E-state index in [1.807, 2.05) is 20.8 Å². The maximum Gasteiger partial charge on any atom is 0.144 e. The predicted octanol–water partition coefficient (Wildman–Crippen LogP) is 3.47. The van der Waals surface area contributed by atoms with Gasteiger partial charge in [-0.1, -0.05) is 20.3 Å². The summed E-state index contributed by atoms with van der Waals surface area (Å²) in [5, 5.41) is 0. The van der Waals surface area contributed by atoms with Crippen LogP contribution in [0, 0.1) is 5.82 Å². The fourth-order valence-corrected chi connectivity index (χ4v) is 1.93. The van der Waals surface area contributed by atoms with Crippen LogP contribution in [0.3, 0.4) is 0 Å². The molecule has 0 aromatic heterocycles. The fourth-order valence-electron chi connectivity index (χ4n) is 0.917. The van der Waals surface area contributed by atoms with Gasteiger partial charge >= 0.3 is 0 Å². The zero-order chi connectivity index (χ0) is 12.3. The van der Waals surface area contributed by atoms with Gasteiger partial charge in [0.1, 0.15) is 21.9 Å². The number of hydrogen-bond donors (Lipinski definition) is 0. The molecule has 1 aromatic carbocycles. The van der Waals surface area contributed by atoms with Crippen molar-refractivity contribution in [3.8, 4) is 0 Å². The molecule has 0 radical (unpaired) electrons. The number of benzene rings is 1. The molecule has 0 N–H and O–H groups in total. The lowest BCUT2D eigenvalue weighted by Gasteiger charge is -2.17. The van der Waals surface area contributed by atoms with Gasteiger partial charge in [0.05, 0.1) is 6.21 Å². The van der Waals surface area contributed by atoms with Crippen LogP contribution < -0.4 is 0 Å². The van der Waals surface area contributed by atoms with Gasteiger partial charge in [-0.3, -0.25) is 0 Å². The van der Waals surface area contributed by atoms with Crippen LogP contribution in [-0.2, 0) is 11.4 Å². The molecule has 2 nitrogen and oxygen atoms in total. The van der Waals surface area contributed by atoms with Gasteiger partial charge in [-0.25, -0.2) is 4.39 Å². The largest absolute Gasteiger partial charge is 0.591 e. The molecule has 1 rings (SSSR count). The molecule has 16 heavy (non-hydrogen) atoms. The molecule has 0 saturated carbocycles. The Morgan fingerprint density at radius 2 is 2.00 bits per heavy atom. The number of hydrogen-bond acceptors (Lipinski definition) is 2. The summed E-state index contributed by atoms with van der Waals surface area (Å²) in [6.45, 7) is 5.51. The zero-order valence-corrected chi connectivity index (χ0v) is 11.7. The summed E-state index contributed by atoms with van der Waals surface area (Å²) in [5.41, 5.74) is 0.587. The molecule has 0 fully saturated rings. The van der Waals surface area contributed by atoms with Crippen molar-refractivity contribution in [3.05, 3.63) is 34.1 Å². The number of halogens is 2. The van der Waals surface area contributed by atoms with E-state index in [0.29, 0.717) is 10.0 Å². The van der Waals surface area contributed by atoms with Crippen molar-refractivity contribution in [2.75, 3.05) is 0 Å². The van der Waals surface area contributed by atoms with E-state index < -0.39 is 16.1 Å². The van der Waals surface area contributed by atoms with Crippen molar-refractivity contribution in [2.24, 2.45) is 4.40 Å². The van der Waals surface area contributed by atoms with Crippen LogP contribution in [0.25, 0.3) is 0 Å². The second-order valence-corrected chi connectivity index (χ2v) is 7.15. The van der Waals surface area contributed by atoms with Crippen molar-refractivity contribution in [3.63, 3.8) is 0 Å². The number of rotatable bonds is 2. The van der Waals surface area contributed by atoms with Crippen LogP contribution >= 0.6 is 15.9 Å². The first-order chi connectivity index (χ1) is 7.29. The molecule has 0 aliphatic heterocycles. The molecule has 0 heterocycles. The van der Waals surface area contributed by atoms with E-state index in [4.69, 9.17) is 0 Å². The lowest BCUT2D eigenvalue weighted by atomic mass is 10.2. The van der Waals surface area contributed by atoms with Crippen molar-refractivity contribution >= 4 is 33.5 Å². The Morgan fingerprint density at radius 3 is 2.50 bits per heavy atom. The maximum absolute atomic E-state index is 13.0. The molecule has 0 saturated heterocycles. The molecule has 1 atom stereocenters. The van der Waals surface area contributed by atoms with Gasteiger partial charge in [-0.05, 0) is 39.0 Å². The molecule has 0 aliphatic carbocycles. The van der Waals surface area contributed by atoms with Crippen LogP contribution in [0.5, 0.6) is 0 Å². The van der Waals surface area contributed by atoms with Crippen LogP contribution in [-0.4, -0.2) is 15.5 Å². The Morgan fingerprint density at radius 1 is 1.38 bits per heavy atom. The Bertz CT molecular complexity index is 383. The SMILES string of the molecule is CC(C)(C)[S+]([O-])/N=C/c1cc(F)cc(Br)c1. The Hall–Kier alpha value is -0.390. The average molecular weight is 306 g/mol. The normalized spacial score (nSPS) is 14.4. The molecule has 0 amide bonds. The Balaban J connectivity index is 2.84. The smallest absolute Gasteiger partial charge is 0.144 e. The molecule has 1 unspecified atom stereocenters. The predicted molar refractivity (Wildman–Crippen MR) is 69.6 cm³/mol. The third-order valence-electron chi connectivity index (χ3n) is 1.71. The second-order valence-electron chi connectivity index (χ2n) is 4.30. The minimum absolute atomic E-state index is 0.350. The summed E-state index contributed by atoms with van der Waals surface area (Å²) < 4.78 is 28.8. The molecular weight excluding hydrogens is 293 g/mol. The zero-order valence-electron chi connectivity index (χ0n) is 9.33. The van der Waals surface area contributed by atoms with Crippen molar-refractivity contribution in [1.82, 2.24) is 0 Å². The van der Waals surface area contributed by atoms with Gasteiger partial charge in [0, 0.05) is 10.0 Å². The third kappa shape index (κ3) is 4.23.